The van der Waals surface area contributed by atoms with Gasteiger partial charge < -0.3 is 0 Å². The van der Waals surface area contributed by atoms with Crippen molar-refractivity contribution in [3.05, 3.63) is 70.3 Å². The molecule has 3 aromatic heterocycles. The number of benzene rings is 2. The van der Waals surface area contributed by atoms with Crippen LogP contribution in [0.15, 0.2) is 53.3 Å². The quantitative estimate of drug-likeness (QED) is 0.411. The second-order valence-electron chi connectivity index (χ2n) is 8.28. The highest BCUT2D eigenvalue weighted by Crippen LogP contribution is 2.29. The predicted molar refractivity (Wildman–Crippen MR) is 125 cm³/mol. The molecule has 3 heterocycles. The predicted octanol–water partition coefficient (Wildman–Crippen LogP) is 5.13. The van der Waals surface area contributed by atoms with Crippen molar-refractivity contribution in [1.29, 1.82) is 0 Å². The third-order valence-corrected chi connectivity index (χ3v) is 5.82. The van der Waals surface area contributed by atoms with Crippen LogP contribution in [0, 0.1) is 6.92 Å². The average Bonchev–Trinajstić information content (AvgIpc) is 3.07. The number of fused-ring (bicyclic) bond motifs is 4. The topological polar surface area (TPSA) is 65.6 Å². The van der Waals surface area contributed by atoms with Gasteiger partial charge in [-0.2, -0.15) is 0 Å². The maximum Gasteiger partial charge on any atom is 0.265 e. The third kappa shape index (κ3) is 3.02. The molecule has 0 unspecified atom stereocenters. The van der Waals surface area contributed by atoms with Crippen LogP contribution in [-0.2, 0) is 6.54 Å². The average molecular weight is 412 g/mol. The molecule has 0 saturated heterocycles. The number of hydrogen-bond acceptors (Lipinski definition) is 4. The van der Waals surface area contributed by atoms with Gasteiger partial charge >= 0.3 is 0 Å². The summed E-state index contributed by atoms with van der Waals surface area (Å²) in [5.41, 5.74) is 5.56. The van der Waals surface area contributed by atoms with Crippen molar-refractivity contribution in [2.24, 2.45) is 0 Å². The summed E-state index contributed by atoms with van der Waals surface area (Å²) in [5.74, 6) is 1.14. The zero-order valence-electron chi connectivity index (χ0n) is 18.3. The van der Waals surface area contributed by atoms with Gasteiger partial charge in [-0.25, -0.2) is 15.0 Å². The van der Waals surface area contributed by atoms with Crippen LogP contribution in [0.3, 0.4) is 0 Å². The monoisotopic (exact) mass is 411 g/mol. The zero-order chi connectivity index (χ0) is 21.7. The van der Waals surface area contributed by atoms with Gasteiger partial charge in [0.1, 0.15) is 16.7 Å². The SMILES string of the molecule is CCCn1c(C)nc2c(c1=O)c1nc3ccccc3nc1n2-c1ccc(C(C)C)cc1. The van der Waals surface area contributed by atoms with Crippen LogP contribution in [0.4, 0.5) is 0 Å². The molecule has 0 amide bonds. The Morgan fingerprint density at radius 2 is 1.58 bits per heavy atom. The summed E-state index contributed by atoms with van der Waals surface area (Å²) in [5, 5.41) is 0.528. The summed E-state index contributed by atoms with van der Waals surface area (Å²) < 4.78 is 3.71. The van der Waals surface area contributed by atoms with E-state index in [4.69, 9.17) is 15.0 Å². The first-order valence-electron chi connectivity index (χ1n) is 10.8. The van der Waals surface area contributed by atoms with Crippen LogP contribution in [0.25, 0.3) is 38.9 Å². The molecular formula is C25H25N5O. The van der Waals surface area contributed by atoms with E-state index in [-0.39, 0.29) is 5.56 Å². The maximum atomic E-state index is 13.5. The molecule has 31 heavy (non-hydrogen) atoms. The Hall–Kier alpha value is -3.54. The van der Waals surface area contributed by atoms with Gasteiger partial charge in [0.15, 0.2) is 11.3 Å². The molecule has 5 rings (SSSR count). The molecular weight excluding hydrogens is 386 g/mol. The largest absolute Gasteiger partial charge is 0.296 e. The summed E-state index contributed by atoms with van der Waals surface area (Å²) in [7, 11) is 0. The molecule has 156 valence electrons. The maximum absolute atomic E-state index is 13.5. The van der Waals surface area contributed by atoms with Gasteiger partial charge in [-0.1, -0.05) is 45.0 Å². The Kier molecular flexibility index (Phi) is 4.58. The van der Waals surface area contributed by atoms with Crippen LogP contribution in [0.1, 0.15) is 44.5 Å². The van der Waals surface area contributed by atoms with Crippen molar-refractivity contribution in [2.75, 3.05) is 0 Å². The molecule has 0 atom stereocenters. The van der Waals surface area contributed by atoms with E-state index in [0.717, 1.165) is 23.1 Å². The highest BCUT2D eigenvalue weighted by molar-refractivity contribution is 6.05. The Labute approximate surface area is 180 Å². The Balaban J connectivity index is 1.94. The fourth-order valence-electron chi connectivity index (χ4n) is 4.17. The Morgan fingerprint density at radius 1 is 0.903 bits per heavy atom. The molecule has 5 aromatic rings. The van der Waals surface area contributed by atoms with E-state index < -0.39 is 0 Å². The second kappa shape index (κ2) is 7.30. The van der Waals surface area contributed by atoms with Gasteiger partial charge in [0.25, 0.3) is 5.56 Å². The molecule has 0 N–H and O–H groups in total. The van der Waals surface area contributed by atoms with E-state index in [9.17, 15) is 4.79 Å². The lowest BCUT2D eigenvalue weighted by atomic mass is 10.0. The van der Waals surface area contributed by atoms with Gasteiger partial charge in [0.2, 0.25) is 0 Å². The molecule has 0 aliphatic carbocycles. The molecule has 0 spiro atoms. The minimum atomic E-state index is -0.0588. The van der Waals surface area contributed by atoms with Gasteiger partial charge in [0, 0.05) is 12.2 Å². The molecule has 0 bridgehead atoms. The van der Waals surface area contributed by atoms with Crippen LogP contribution >= 0.6 is 0 Å². The summed E-state index contributed by atoms with van der Waals surface area (Å²) in [6.45, 7) is 8.92. The van der Waals surface area contributed by atoms with Crippen LogP contribution in [0.2, 0.25) is 0 Å². The molecule has 0 saturated carbocycles. The van der Waals surface area contributed by atoms with Crippen LogP contribution < -0.4 is 5.56 Å². The molecule has 0 aliphatic rings. The normalized spacial score (nSPS) is 11.9. The number of nitrogens with zero attached hydrogens (tertiary/aromatic N) is 5. The van der Waals surface area contributed by atoms with E-state index in [1.807, 2.05) is 35.8 Å². The zero-order valence-corrected chi connectivity index (χ0v) is 18.3. The standard InChI is InChI=1S/C25H25N5O/c1-5-14-29-16(4)26-23-21(25(29)31)22-24(28-20-9-7-6-8-19(20)27-22)30(23)18-12-10-17(11-13-18)15(2)3/h6-13,15H,5,14H2,1-4H3. The Morgan fingerprint density at radius 3 is 2.23 bits per heavy atom. The summed E-state index contributed by atoms with van der Waals surface area (Å²) >= 11 is 0. The van der Waals surface area contributed by atoms with Crippen molar-refractivity contribution in [1.82, 2.24) is 24.1 Å². The smallest absolute Gasteiger partial charge is 0.265 e. The summed E-state index contributed by atoms with van der Waals surface area (Å²) in [6.07, 6.45) is 0.859. The molecule has 0 radical (unpaired) electrons. The van der Waals surface area contributed by atoms with Crippen LogP contribution in [0.5, 0.6) is 0 Å². The molecule has 0 aliphatic heterocycles. The van der Waals surface area contributed by atoms with Gasteiger partial charge in [-0.3, -0.25) is 13.9 Å². The second-order valence-corrected chi connectivity index (χ2v) is 8.28. The number of aryl methyl sites for hydroxylation is 1. The lowest BCUT2D eigenvalue weighted by molar-refractivity contribution is 0.624. The van der Waals surface area contributed by atoms with Gasteiger partial charge in [0.05, 0.1) is 11.0 Å². The lowest BCUT2D eigenvalue weighted by Gasteiger charge is -2.11. The van der Waals surface area contributed by atoms with E-state index >= 15 is 0 Å². The molecule has 6 nitrogen and oxygen atoms in total. The van der Waals surface area contributed by atoms with Gasteiger partial charge in [-0.15, -0.1) is 0 Å². The van der Waals surface area contributed by atoms with Crippen molar-refractivity contribution in [2.45, 2.75) is 46.6 Å². The molecule has 2 aromatic carbocycles. The highest BCUT2D eigenvalue weighted by atomic mass is 16.1. The van der Waals surface area contributed by atoms with E-state index in [0.29, 0.717) is 40.5 Å². The first-order valence-corrected chi connectivity index (χ1v) is 10.8. The van der Waals surface area contributed by atoms with Crippen molar-refractivity contribution in [3.8, 4) is 5.69 Å². The van der Waals surface area contributed by atoms with Crippen molar-refractivity contribution < 1.29 is 0 Å². The third-order valence-electron chi connectivity index (χ3n) is 5.82. The number of hydrogen-bond donors (Lipinski definition) is 0. The summed E-state index contributed by atoms with van der Waals surface area (Å²) in [4.78, 5) is 28.1. The molecule has 6 heteroatoms. The van der Waals surface area contributed by atoms with Crippen molar-refractivity contribution in [3.63, 3.8) is 0 Å². The Bertz CT molecular complexity index is 1490. The first kappa shape index (κ1) is 19.4. The van der Waals surface area contributed by atoms with E-state index in [1.165, 1.54) is 5.56 Å². The minimum absolute atomic E-state index is 0.0588. The fourth-order valence-corrected chi connectivity index (χ4v) is 4.17. The molecule has 0 fully saturated rings. The minimum Gasteiger partial charge on any atom is -0.296 e. The summed E-state index contributed by atoms with van der Waals surface area (Å²) in [6, 6.07) is 16.1. The number of aromatic nitrogens is 5. The lowest BCUT2D eigenvalue weighted by Crippen LogP contribution is -2.24. The first-order chi connectivity index (χ1) is 15.0. The van der Waals surface area contributed by atoms with E-state index in [2.05, 4.69) is 45.0 Å². The fraction of sp³-hybridized carbons (Fsp3) is 0.280. The van der Waals surface area contributed by atoms with Gasteiger partial charge in [-0.05, 0) is 49.1 Å². The number of para-hydroxylation sites is 2. The highest BCUT2D eigenvalue weighted by Gasteiger charge is 2.22. The number of rotatable bonds is 4. The van der Waals surface area contributed by atoms with Crippen LogP contribution in [-0.4, -0.2) is 24.1 Å². The van der Waals surface area contributed by atoms with Crippen molar-refractivity contribution >= 4 is 33.2 Å². The van der Waals surface area contributed by atoms with E-state index in [1.54, 1.807) is 4.57 Å².